The van der Waals surface area contributed by atoms with Crippen molar-refractivity contribution < 1.29 is 4.74 Å². The molecule has 1 aromatic rings. The molecule has 2 rings (SSSR count). The molecule has 0 radical (unpaired) electrons. The second-order valence-electron chi connectivity index (χ2n) is 4.86. The molecule has 0 bridgehead atoms. The molecule has 1 aliphatic heterocycles. The molecule has 2 heterocycles. The number of anilines is 1. The van der Waals surface area contributed by atoms with Gasteiger partial charge >= 0.3 is 0 Å². The minimum Gasteiger partial charge on any atom is -0.382 e. The van der Waals surface area contributed by atoms with Gasteiger partial charge in [-0.2, -0.15) is 0 Å². The van der Waals surface area contributed by atoms with Gasteiger partial charge in [-0.1, -0.05) is 13.3 Å². The van der Waals surface area contributed by atoms with Crippen molar-refractivity contribution in [3.63, 3.8) is 0 Å². The lowest BCUT2D eigenvalue weighted by atomic mass is 9.91. The van der Waals surface area contributed by atoms with Gasteiger partial charge in [-0.15, -0.1) is 0 Å². The highest BCUT2D eigenvalue weighted by molar-refractivity contribution is 9.10. The maximum absolute atomic E-state index is 5.45. The normalized spacial score (nSPS) is 23.6. The zero-order valence-corrected chi connectivity index (χ0v) is 12.6. The molecule has 1 aliphatic rings. The first-order valence-electron chi connectivity index (χ1n) is 6.46. The Morgan fingerprint density at radius 2 is 2.17 bits per heavy atom. The third-order valence-electron chi connectivity index (χ3n) is 3.57. The predicted octanol–water partition coefficient (Wildman–Crippen LogP) is 3.02. The summed E-state index contributed by atoms with van der Waals surface area (Å²) in [5.74, 6) is 0.821. The fraction of sp³-hybridized carbons (Fsp3) is 0.692. The largest absolute Gasteiger partial charge is 0.382 e. The number of halogens is 1. The molecule has 0 N–H and O–H groups in total. The van der Waals surface area contributed by atoms with Crippen LogP contribution >= 0.6 is 15.9 Å². The van der Waals surface area contributed by atoms with Gasteiger partial charge in [0.1, 0.15) is 0 Å². The van der Waals surface area contributed by atoms with E-state index in [-0.39, 0.29) is 5.54 Å². The molecule has 1 saturated heterocycles. The molecular weight excluding hydrogens is 294 g/mol. The number of nitrogens with zero attached hydrogens (tertiary/aromatic N) is 3. The van der Waals surface area contributed by atoms with E-state index in [1.165, 1.54) is 6.42 Å². The summed E-state index contributed by atoms with van der Waals surface area (Å²) in [4.78, 5) is 11.2. The van der Waals surface area contributed by atoms with Gasteiger partial charge in [0.2, 0.25) is 5.95 Å². The van der Waals surface area contributed by atoms with Gasteiger partial charge in [-0.3, -0.25) is 0 Å². The summed E-state index contributed by atoms with van der Waals surface area (Å²) in [6, 6.07) is 0. The summed E-state index contributed by atoms with van der Waals surface area (Å²) in [6.07, 6.45) is 8.24. The monoisotopic (exact) mass is 313 g/mol. The van der Waals surface area contributed by atoms with Crippen LogP contribution in [0, 0.1) is 0 Å². The molecular formula is C13H20BrN3O. The van der Waals surface area contributed by atoms with Gasteiger partial charge in [0.15, 0.2) is 0 Å². The molecule has 4 nitrogen and oxygen atoms in total. The van der Waals surface area contributed by atoms with Crippen molar-refractivity contribution in [3.8, 4) is 0 Å². The maximum Gasteiger partial charge on any atom is 0.225 e. The average molecular weight is 314 g/mol. The van der Waals surface area contributed by atoms with Crippen LogP contribution in [0.15, 0.2) is 16.9 Å². The van der Waals surface area contributed by atoms with Crippen molar-refractivity contribution >= 4 is 21.9 Å². The van der Waals surface area contributed by atoms with Crippen molar-refractivity contribution in [2.24, 2.45) is 0 Å². The van der Waals surface area contributed by atoms with E-state index in [9.17, 15) is 0 Å². The minimum absolute atomic E-state index is 0.0807. The van der Waals surface area contributed by atoms with E-state index in [0.29, 0.717) is 0 Å². The van der Waals surface area contributed by atoms with Crippen molar-refractivity contribution in [1.29, 1.82) is 0 Å². The van der Waals surface area contributed by atoms with E-state index in [4.69, 9.17) is 4.74 Å². The van der Waals surface area contributed by atoms with E-state index < -0.39 is 0 Å². The molecule has 1 atom stereocenters. The number of hydrogen-bond donors (Lipinski definition) is 0. The number of methoxy groups -OCH3 is 1. The maximum atomic E-state index is 5.45. The molecule has 1 unspecified atom stereocenters. The van der Waals surface area contributed by atoms with Crippen LogP contribution in [-0.2, 0) is 4.74 Å². The van der Waals surface area contributed by atoms with Crippen molar-refractivity contribution in [1.82, 2.24) is 9.97 Å². The standard InChI is InChI=1S/C13H20BrN3O/c1-3-5-13(10-18-2)6-4-7-17(13)12-15-8-11(14)9-16-12/h8-9H,3-7,10H2,1-2H3. The molecule has 0 saturated carbocycles. The summed E-state index contributed by atoms with van der Waals surface area (Å²) in [6.45, 7) is 3.99. The summed E-state index contributed by atoms with van der Waals surface area (Å²) >= 11 is 3.38. The Hall–Kier alpha value is -0.680. The fourth-order valence-electron chi connectivity index (χ4n) is 2.91. The Labute approximate surface area is 117 Å². The summed E-state index contributed by atoms with van der Waals surface area (Å²) in [5, 5.41) is 0. The van der Waals surface area contributed by atoms with Gasteiger partial charge < -0.3 is 9.64 Å². The second kappa shape index (κ2) is 5.97. The molecule has 0 spiro atoms. The lowest BCUT2D eigenvalue weighted by molar-refractivity contribution is 0.127. The van der Waals surface area contributed by atoms with Crippen LogP contribution in [0.4, 0.5) is 5.95 Å². The molecule has 5 heteroatoms. The Kier molecular flexibility index (Phi) is 4.56. The number of aromatic nitrogens is 2. The van der Waals surface area contributed by atoms with Crippen LogP contribution in [-0.4, -0.2) is 35.8 Å². The quantitative estimate of drug-likeness (QED) is 0.837. The van der Waals surface area contributed by atoms with E-state index in [0.717, 1.165) is 42.8 Å². The van der Waals surface area contributed by atoms with Crippen molar-refractivity contribution in [2.75, 3.05) is 25.2 Å². The SMILES string of the molecule is CCCC1(COC)CCCN1c1ncc(Br)cn1. The van der Waals surface area contributed by atoms with Crippen LogP contribution in [0.3, 0.4) is 0 Å². The lowest BCUT2D eigenvalue weighted by Gasteiger charge is -2.38. The Morgan fingerprint density at radius 1 is 1.44 bits per heavy atom. The molecule has 1 aromatic heterocycles. The third-order valence-corrected chi connectivity index (χ3v) is 3.98. The Morgan fingerprint density at radius 3 is 2.78 bits per heavy atom. The predicted molar refractivity (Wildman–Crippen MR) is 75.8 cm³/mol. The number of ether oxygens (including phenoxy) is 1. The van der Waals surface area contributed by atoms with Crippen LogP contribution in [0.25, 0.3) is 0 Å². The summed E-state index contributed by atoms with van der Waals surface area (Å²) in [7, 11) is 1.77. The fourth-order valence-corrected chi connectivity index (χ4v) is 3.12. The van der Waals surface area contributed by atoms with E-state index >= 15 is 0 Å². The topological polar surface area (TPSA) is 38.2 Å². The first kappa shape index (κ1) is 13.7. The average Bonchev–Trinajstić information content (AvgIpc) is 2.75. The van der Waals surface area contributed by atoms with Crippen LogP contribution in [0.1, 0.15) is 32.6 Å². The molecule has 0 aliphatic carbocycles. The highest BCUT2D eigenvalue weighted by Gasteiger charge is 2.41. The Balaban J connectivity index is 2.26. The number of hydrogen-bond acceptors (Lipinski definition) is 4. The molecule has 0 amide bonds. The van der Waals surface area contributed by atoms with Crippen molar-refractivity contribution in [2.45, 2.75) is 38.1 Å². The highest BCUT2D eigenvalue weighted by atomic mass is 79.9. The zero-order chi connectivity index (χ0) is 13.0. The smallest absolute Gasteiger partial charge is 0.225 e. The third kappa shape index (κ3) is 2.67. The Bertz CT molecular complexity index is 376. The van der Waals surface area contributed by atoms with Crippen LogP contribution in [0.2, 0.25) is 0 Å². The second-order valence-corrected chi connectivity index (χ2v) is 5.78. The van der Waals surface area contributed by atoms with Gasteiger partial charge in [-0.05, 0) is 35.2 Å². The van der Waals surface area contributed by atoms with Crippen LogP contribution in [0.5, 0.6) is 0 Å². The van der Waals surface area contributed by atoms with E-state index in [1.807, 2.05) is 12.4 Å². The first-order valence-corrected chi connectivity index (χ1v) is 7.25. The number of rotatable bonds is 5. The van der Waals surface area contributed by atoms with Gasteiger partial charge in [-0.25, -0.2) is 9.97 Å². The summed E-state index contributed by atoms with van der Waals surface area (Å²) in [5.41, 5.74) is 0.0807. The zero-order valence-electron chi connectivity index (χ0n) is 11.0. The lowest BCUT2D eigenvalue weighted by Crippen LogP contribution is -2.48. The summed E-state index contributed by atoms with van der Waals surface area (Å²) < 4.78 is 6.37. The van der Waals surface area contributed by atoms with E-state index in [2.05, 4.69) is 37.7 Å². The molecule has 100 valence electrons. The molecule has 18 heavy (non-hydrogen) atoms. The van der Waals surface area contributed by atoms with Gasteiger partial charge in [0, 0.05) is 26.0 Å². The first-order chi connectivity index (χ1) is 8.72. The van der Waals surface area contributed by atoms with E-state index in [1.54, 1.807) is 7.11 Å². The minimum atomic E-state index is 0.0807. The highest BCUT2D eigenvalue weighted by Crippen LogP contribution is 2.36. The van der Waals surface area contributed by atoms with Gasteiger partial charge in [0.05, 0.1) is 16.6 Å². The van der Waals surface area contributed by atoms with Crippen molar-refractivity contribution in [3.05, 3.63) is 16.9 Å². The molecule has 1 fully saturated rings. The van der Waals surface area contributed by atoms with Crippen LogP contribution < -0.4 is 4.90 Å². The van der Waals surface area contributed by atoms with Gasteiger partial charge in [0.25, 0.3) is 0 Å². The molecule has 0 aromatic carbocycles.